The van der Waals surface area contributed by atoms with Crippen molar-refractivity contribution in [3.63, 3.8) is 0 Å². The Morgan fingerprint density at radius 3 is 2.50 bits per heavy atom. The first-order valence-electron chi connectivity index (χ1n) is 26.8. The summed E-state index contributed by atoms with van der Waals surface area (Å²) in [7, 11) is -4.72. The number of carbonyl (C=O) groups excluding carboxylic acids is 1. The number of benzene rings is 3. The topological polar surface area (TPSA) is 205 Å². The van der Waals surface area contributed by atoms with Gasteiger partial charge in [-0.2, -0.15) is 4.98 Å². The number of pyridine rings is 1. The van der Waals surface area contributed by atoms with E-state index in [1.807, 2.05) is 19.1 Å². The fraction of sp³-hybridized carbons (Fsp3) is 0.536. The van der Waals surface area contributed by atoms with E-state index < -0.39 is 37.0 Å². The Hall–Kier alpha value is -5.95. The molecule has 3 aromatic carbocycles. The number of nitrogens with one attached hydrogen (secondary N) is 3. The molecular formula is C56H70N8O9S. The number of nitro groups is 1. The summed E-state index contributed by atoms with van der Waals surface area (Å²) in [6.45, 7) is 13.7. The van der Waals surface area contributed by atoms with Crippen molar-refractivity contribution in [1.82, 2.24) is 24.5 Å². The number of ether oxygens (including phenoxy) is 3. The van der Waals surface area contributed by atoms with Crippen molar-refractivity contribution in [2.24, 2.45) is 11.3 Å². The summed E-state index contributed by atoms with van der Waals surface area (Å²) in [4.78, 5) is 41.2. The van der Waals surface area contributed by atoms with Crippen LogP contribution in [0.3, 0.4) is 0 Å². The molecule has 2 saturated carbocycles. The Morgan fingerprint density at radius 1 is 0.986 bits per heavy atom. The van der Waals surface area contributed by atoms with Gasteiger partial charge in [-0.25, -0.2) is 13.1 Å². The van der Waals surface area contributed by atoms with Crippen LogP contribution in [0.15, 0.2) is 77.8 Å². The van der Waals surface area contributed by atoms with Gasteiger partial charge in [-0.15, -0.1) is 0 Å². The van der Waals surface area contributed by atoms with Crippen LogP contribution >= 0.6 is 0 Å². The maximum Gasteiger partial charge on any atom is 0.297 e. The minimum atomic E-state index is -4.72. The summed E-state index contributed by atoms with van der Waals surface area (Å²) in [6, 6.07) is 21.0. The van der Waals surface area contributed by atoms with Crippen LogP contribution in [0.25, 0.3) is 11.0 Å². The zero-order valence-electron chi connectivity index (χ0n) is 43.0. The maximum absolute atomic E-state index is 14.5. The molecule has 5 fully saturated rings. The number of aliphatic hydroxyl groups is 1. The Morgan fingerprint density at radius 2 is 1.77 bits per heavy atom. The number of sulfonamides is 1. The van der Waals surface area contributed by atoms with Gasteiger partial charge in [0.15, 0.2) is 17.2 Å². The van der Waals surface area contributed by atoms with Gasteiger partial charge in [-0.1, -0.05) is 45.0 Å². The highest BCUT2D eigenvalue weighted by Crippen LogP contribution is 2.55. The molecule has 0 unspecified atom stereocenters. The number of hydrogen-bond acceptors (Lipinski definition) is 14. The SMILES string of the molecule is CCN1CC[C@H]1COc1nc2[nH]ccc2cc1Oc1cc(N2CCC3(CC2)CC(N2CCC[C@@H]2c2ccccc2C(C)C)C3)ccc1C(=O)NS(=O)(=O)c1cc2c(c([N+](=O)[O-])c1)N[C@@H](C1CCC(C)(O)CC1)CO2. The van der Waals surface area contributed by atoms with Gasteiger partial charge >= 0.3 is 0 Å². The number of nitro benzene ring substituents is 1. The van der Waals surface area contributed by atoms with Crippen molar-refractivity contribution >= 4 is 44.0 Å². The number of amides is 1. The lowest BCUT2D eigenvalue weighted by Crippen LogP contribution is -2.54. The van der Waals surface area contributed by atoms with Crippen LogP contribution in [0, 0.1) is 21.4 Å². The van der Waals surface area contributed by atoms with Crippen molar-refractivity contribution < 1.29 is 37.5 Å². The lowest BCUT2D eigenvalue weighted by molar-refractivity contribution is -0.384. The number of fused-ring (bicyclic) bond motifs is 2. The van der Waals surface area contributed by atoms with Crippen LogP contribution in [0.1, 0.15) is 132 Å². The quantitative estimate of drug-likeness (QED) is 0.0570. The van der Waals surface area contributed by atoms with Gasteiger partial charge in [0.1, 0.15) is 24.6 Å². The van der Waals surface area contributed by atoms with E-state index >= 15 is 0 Å². The zero-order chi connectivity index (χ0) is 51.5. The Balaban J connectivity index is 0.843. The minimum absolute atomic E-state index is 0.00280. The molecule has 0 bridgehead atoms. The van der Waals surface area contributed by atoms with E-state index in [0.717, 1.165) is 69.1 Å². The monoisotopic (exact) mass is 1030 g/mol. The number of carbonyl (C=O) groups is 1. The smallest absolute Gasteiger partial charge is 0.297 e. The molecule has 3 atom stereocenters. The van der Waals surface area contributed by atoms with Crippen molar-refractivity contribution in [1.29, 1.82) is 0 Å². The Kier molecular flexibility index (Phi) is 13.5. The lowest BCUT2D eigenvalue weighted by Gasteiger charge is -2.56. The molecule has 18 heteroatoms. The predicted octanol–water partition coefficient (Wildman–Crippen LogP) is 9.68. The molecule has 1 amide bonds. The maximum atomic E-state index is 14.5. The first-order valence-corrected chi connectivity index (χ1v) is 28.3. The van der Waals surface area contributed by atoms with Crippen molar-refractivity contribution in [3.05, 3.63) is 99.7 Å². The molecule has 74 heavy (non-hydrogen) atoms. The van der Waals surface area contributed by atoms with Gasteiger partial charge in [0.2, 0.25) is 0 Å². The second-order valence-corrected chi connectivity index (χ2v) is 24.2. The molecule has 1 spiro atoms. The van der Waals surface area contributed by atoms with Crippen LogP contribution in [-0.2, 0) is 10.0 Å². The molecule has 5 aromatic rings. The van der Waals surface area contributed by atoms with Gasteiger partial charge < -0.3 is 34.5 Å². The first kappa shape index (κ1) is 50.2. The average molecular weight is 1030 g/mol. The number of likely N-dealkylation sites (tertiary alicyclic amines) is 2. The summed E-state index contributed by atoms with van der Waals surface area (Å²) in [5.74, 6) is 0.174. The van der Waals surface area contributed by atoms with Crippen LogP contribution in [-0.4, -0.2) is 114 Å². The molecule has 2 aromatic heterocycles. The third-order valence-electron chi connectivity index (χ3n) is 17.5. The highest BCUT2D eigenvalue weighted by Gasteiger charge is 2.50. The highest BCUT2D eigenvalue weighted by atomic mass is 32.2. The van der Waals surface area contributed by atoms with E-state index in [4.69, 9.17) is 19.2 Å². The van der Waals surface area contributed by atoms with E-state index in [0.29, 0.717) is 55.9 Å². The largest absolute Gasteiger partial charge is 0.489 e. The second kappa shape index (κ2) is 20.0. The Labute approximate surface area is 433 Å². The number of aromatic nitrogens is 2. The van der Waals surface area contributed by atoms with Crippen molar-refractivity contribution in [3.8, 4) is 23.1 Å². The number of piperidine rings is 1. The standard InChI is InChI=1S/C56H70N8O9S/c1-5-61-24-17-39(61)33-72-54-50(27-37-16-22-57-52(37)59-54)73-48-28-38(62-25-20-56(21-26-62)31-40(32-56)63-23-8-11-46(63)43-10-7-6-9-42(43)35(2)3)12-13-44(48)53(65)60-74(69,70)41-29-47(64(67)68)51-49(30-41)71-34-45(58-51)36-14-18-55(4,66)19-15-36/h6-7,9-10,12-13,16,22,27-30,35-36,39-40,45-46,58,66H,5,8,11,14-15,17-21,23-26,31-34H2,1-4H3,(H,57,59)(H,60,65)/t36?,39-,45+,46+,55?/m0/s1. The third kappa shape index (κ3) is 9.90. The van der Waals surface area contributed by atoms with E-state index in [-0.39, 0.29) is 64.4 Å². The predicted molar refractivity (Wildman–Crippen MR) is 283 cm³/mol. The molecule has 4 N–H and O–H groups in total. The van der Waals surface area contributed by atoms with E-state index in [2.05, 4.69) is 74.8 Å². The summed E-state index contributed by atoms with van der Waals surface area (Å²) >= 11 is 0. The second-order valence-electron chi connectivity index (χ2n) is 22.5. The van der Waals surface area contributed by atoms with Gasteiger partial charge in [0, 0.05) is 73.2 Å². The summed E-state index contributed by atoms with van der Waals surface area (Å²) in [5.41, 5.74) is 3.40. The fourth-order valence-corrected chi connectivity index (χ4v) is 13.9. The molecule has 4 aliphatic heterocycles. The molecule has 6 aliphatic rings. The van der Waals surface area contributed by atoms with Gasteiger partial charge in [0.05, 0.1) is 27.0 Å². The number of nitrogens with zero attached hydrogens (tertiary/aromatic N) is 5. The van der Waals surface area contributed by atoms with Gasteiger partial charge in [-0.05, 0) is 143 Å². The van der Waals surface area contributed by atoms with Crippen LogP contribution in [0.4, 0.5) is 17.1 Å². The van der Waals surface area contributed by atoms with E-state index in [1.54, 1.807) is 24.4 Å². The number of likely N-dealkylation sites (N-methyl/N-ethyl adjacent to an activating group) is 1. The fourth-order valence-electron chi connectivity index (χ4n) is 12.9. The molecule has 0 radical (unpaired) electrons. The molecule has 11 rings (SSSR count). The minimum Gasteiger partial charge on any atom is -0.489 e. The molecular weight excluding hydrogens is 961 g/mol. The summed E-state index contributed by atoms with van der Waals surface area (Å²) in [5, 5.41) is 27.1. The summed E-state index contributed by atoms with van der Waals surface area (Å²) in [6.07, 6.45) is 12.2. The summed E-state index contributed by atoms with van der Waals surface area (Å²) < 4.78 is 49.8. The number of rotatable bonds is 15. The number of anilines is 2. The van der Waals surface area contributed by atoms with Gasteiger partial charge in [-0.3, -0.25) is 24.7 Å². The van der Waals surface area contributed by atoms with Crippen molar-refractivity contribution in [2.45, 2.75) is 139 Å². The molecule has 2 aliphatic carbocycles. The van der Waals surface area contributed by atoms with Gasteiger partial charge in [0.25, 0.3) is 27.5 Å². The molecule has 6 heterocycles. The highest BCUT2D eigenvalue weighted by molar-refractivity contribution is 7.90. The number of hydrogen-bond donors (Lipinski definition) is 4. The van der Waals surface area contributed by atoms with E-state index in [1.165, 1.54) is 42.9 Å². The van der Waals surface area contributed by atoms with Crippen LogP contribution in [0.2, 0.25) is 0 Å². The lowest BCUT2D eigenvalue weighted by atomic mass is 9.59. The van der Waals surface area contributed by atoms with Crippen LogP contribution in [0.5, 0.6) is 23.1 Å². The molecule has 17 nitrogen and oxygen atoms in total. The number of H-pyrrole nitrogens is 1. The van der Waals surface area contributed by atoms with Crippen molar-refractivity contribution in [2.75, 3.05) is 56.2 Å². The van der Waals surface area contributed by atoms with E-state index in [9.17, 15) is 28.4 Å². The third-order valence-corrected chi connectivity index (χ3v) is 18.8. The van der Waals surface area contributed by atoms with Crippen LogP contribution < -0.4 is 29.1 Å². The number of aromatic amines is 1. The first-order chi connectivity index (χ1) is 35.6. The Bertz CT molecular complexity index is 3020. The normalized spacial score (nSPS) is 25.2. The molecule has 3 saturated heterocycles. The zero-order valence-corrected chi connectivity index (χ0v) is 43.8. The molecule has 394 valence electrons. The average Bonchev–Trinajstić information content (AvgIpc) is 4.05.